The third-order valence-corrected chi connectivity index (χ3v) is 12.4. The summed E-state index contributed by atoms with van der Waals surface area (Å²) in [5, 5.41) is 16.4. The number of aromatic nitrogens is 2. The van der Waals surface area contributed by atoms with Crippen molar-refractivity contribution < 1.29 is 38.5 Å². The van der Waals surface area contributed by atoms with Gasteiger partial charge >= 0.3 is 11.9 Å². The van der Waals surface area contributed by atoms with E-state index in [2.05, 4.69) is 5.10 Å². The Bertz CT molecular complexity index is 1880. The van der Waals surface area contributed by atoms with E-state index in [1.54, 1.807) is 36.3 Å². The van der Waals surface area contributed by atoms with Crippen molar-refractivity contribution in [3.05, 3.63) is 47.7 Å². The third kappa shape index (κ3) is 6.88. The number of Topliss-reactive ketones (excluding diaryl/α,β-unsaturated/α-hetero) is 1. The number of fused-ring (bicyclic) bond motifs is 2. The molecule has 278 valence electrons. The van der Waals surface area contributed by atoms with Crippen LogP contribution in [0.4, 0.5) is 0 Å². The van der Waals surface area contributed by atoms with E-state index in [4.69, 9.17) is 25.8 Å². The van der Waals surface area contributed by atoms with Crippen LogP contribution in [0.15, 0.2) is 42.7 Å². The maximum atomic E-state index is 14.7. The van der Waals surface area contributed by atoms with Crippen LogP contribution in [-0.2, 0) is 23.9 Å². The molecular formula is C40H48ClN3O8. The predicted molar refractivity (Wildman–Crippen MR) is 194 cm³/mol. The zero-order chi connectivity index (χ0) is 37.1. The smallest absolute Gasteiger partial charge is 0.310 e. The fraction of sp³-hybridized carbons (Fsp3) is 0.575. The van der Waals surface area contributed by atoms with Crippen molar-refractivity contribution in [2.75, 3.05) is 13.7 Å². The Balaban J connectivity index is 1.19. The summed E-state index contributed by atoms with van der Waals surface area (Å²) in [5.41, 5.74) is -1.06. The maximum absolute atomic E-state index is 14.7. The minimum Gasteiger partial charge on any atom is -0.495 e. The first kappa shape index (κ1) is 36.2. The van der Waals surface area contributed by atoms with Crippen molar-refractivity contribution in [2.24, 2.45) is 34.5 Å². The first-order chi connectivity index (χ1) is 24.7. The summed E-state index contributed by atoms with van der Waals surface area (Å²) in [6, 6.07) is 8.23. The number of methoxy groups -OCH3 is 1. The Kier molecular flexibility index (Phi) is 9.55. The molecule has 8 atom stereocenters. The van der Waals surface area contributed by atoms with Gasteiger partial charge in [-0.2, -0.15) is 5.10 Å². The summed E-state index contributed by atoms with van der Waals surface area (Å²) in [5.74, 6) is -0.610. The van der Waals surface area contributed by atoms with Crippen LogP contribution in [-0.4, -0.2) is 75.3 Å². The second-order valence-corrected chi connectivity index (χ2v) is 16.8. The first-order valence-electron chi connectivity index (χ1n) is 18.4. The summed E-state index contributed by atoms with van der Waals surface area (Å²) in [6.45, 7) is 7.75. The van der Waals surface area contributed by atoms with Crippen molar-refractivity contribution in [2.45, 2.75) is 97.3 Å². The average Bonchev–Trinajstić information content (AvgIpc) is 3.71. The number of ether oxygens (including phenoxy) is 3. The van der Waals surface area contributed by atoms with Gasteiger partial charge in [0.1, 0.15) is 23.7 Å². The Morgan fingerprint density at radius 2 is 1.79 bits per heavy atom. The topological polar surface area (TPSA) is 137 Å². The average molecular weight is 734 g/mol. The lowest BCUT2D eigenvalue weighted by molar-refractivity contribution is -0.157. The van der Waals surface area contributed by atoms with Crippen LogP contribution in [0.25, 0.3) is 16.5 Å². The third-order valence-electron chi connectivity index (χ3n) is 12.0. The fourth-order valence-electron chi connectivity index (χ4n) is 8.77. The van der Waals surface area contributed by atoms with E-state index in [1.165, 1.54) is 11.3 Å². The molecule has 3 aromatic rings. The van der Waals surface area contributed by atoms with Crippen molar-refractivity contribution in [3.63, 3.8) is 0 Å². The molecule has 1 saturated heterocycles. The molecule has 4 aliphatic rings. The van der Waals surface area contributed by atoms with Gasteiger partial charge in [-0.25, -0.2) is 4.68 Å². The molecule has 4 fully saturated rings. The molecule has 2 heterocycles. The minimum atomic E-state index is -1.13. The highest BCUT2D eigenvalue weighted by atomic mass is 35.5. The normalized spacial score (nSPS) is 28.3. The van der Waals surface area contributed by atoms with Gasteiger partial charge < -0.3 is 24.2 Å². The van der Waals surface area contributed by atoms with Crippen LogP contribution in [0.2, 0.25) is 5.02 Å². The molecule has 11 nitrogen and oxygen atoms in total. The lowest BCUT2D eigenvalue weighted by Gasteiger charge is -2.35. The predicted octanol–water partition coefficient (Wildman–Crippen LogP) is 6.89. The lowest BCUT2D eigenvalue weighted by Crippen LogP contribution is -2.48. The zero-order valence-electron chi connectivity index (χ0n) is 30.5. The Labute approximate surface area is 308 Å². The SMILES string of the molecule is CC[C@@H]1C[C@]1(CC(=O)[C@@H]1C[C@@H](Oc2cc(-n3cccn3)cc3c(Cl)c(OC)ccc23)CN1C(=O)[C@@H](CC(=O)OC1C[C@@H]2C[C@@H]2C1)C(C)(C)C)C(=O)O. The summed E-state index contributed by atoms with van der Waals surface area (Å²) < 4.78 is 19.7. The van der Waals surface area contributed by atoms with Gasteiger partial charge in [0.15, 0.2) is 5.78 Å². The molecule has 2 aromatic carbocycles. The number of halogens is 1. The summed E-state index contributed by atoms with van der Waals surface area (Å²) in [6.07, 6.45) is 6.69. The molecule has 1 N–H and O–H groups in total. The Hall–Kier alpha value is -4.12. The number of carboxylic acid groups (broad SMARTS) is 1. The number of carbonyl (C=O) groups is 4. The van der Waals surface area contributed by atoms with Crippen LogP contribution in [0.5, 0.6) is 11.5 Å². The van der Waals surface area contributed by atoms with Crippen LogP contribution < -0.4 is 9.47 Å². The van der Waals surface area contributed by atoms with E-state index in [1.807, 2.05) is 45.9 Å². The van der Waals surface area contributed by atoms with Gasteiger partial charge in [-0.15, -0.1) is 0 Å². The molecule has 7 rings (SSSR count). The minimum absolute atomic E-state index is 0.0809. The fourth-order valence-corrected chi connectivity index (χ4v) is 9.07. The standard InChI is InChI=1S/C40H48ClN3O8/c1-6-24-19-40(24,38(48)49)20-32(45)31-17-27(21-43(31)37(47)30(39(2,3)4)18-35(46)52-26-13-22-12-23(22)14-26)51-34-16-25(44-11-7-10-42-44)15-29-28(34)8-9-33(50-5)36(29)41/h7-11,15-16,22-24,26-27,30-31H,6,12-14,17-21H2,1-5H3,(H,48,49)/t22-,23+,24-,26?,27-,30-,31+,40-/m1/s1. The number of carboxylic acids is 1. The number of rotatable bonds is 13. The molecule has 1 unspecified atom stereocenters. The molecule has 1 aromatic heterocycles. The van der Waals surface area contributed by atoms with Gasteiger partial charge in [-0.3, -0.25) is 19.2 Å². The molecule has 52 heavy (non-hydrogen) atoms. The summed E-state index contributed by atoms with van der Waals surface area (Å²) in [7, 11) is 1.55. The van der Waals surface area contributed by atoms with E-state index in [9.17, 15) is 24.3 Å². The Morgan fingerprint density at radius 3 is 2.40 bits per heavy atom. The van der Waals surface area contributed by atoms with Gasteiger partial charge in [0.2, 0.25) is 5.91 Å². The zero-order valence-corrected chi connectivity index (χ0v) is 31.2. The van der Waals surface area contributed by atoms with Gasteiger partial charge in [-0.1, -0.05) is 45.7 Å². The largest absolute Gasteiger partial charge is 0.495 e. The second-order valence-electron chi connectivity index (χ2n) is 16.4. The molecule has 1 aliphatic heterocycles. The number of esters is 1. The number of carbonyl (C=O) groups excluding carboxylic acids is 3. The lowest BCUT2D eigenvalue weighted by atomic mass is 9.77. The molecular weight excluding hydrogens is 686 g/mol. The van der Waals surface area contributed by atoms with E-state index in [0.717, 1.165) is 12.8 Å². The van der Waals surface area contributed by atoms with Crippen LogP contribution in [0, 0.1) is 34.5 Å². The number of likely N-dealkylation sites (tertiary alicyclic amines) is 1. The summed E-state index contributed by atoms with van der Waals surface area (Å²) >= 11 is 6.80. The van der Waals surface area contributed by atoms with Crippen LogP contribution in [0.1, 0.15) is 79.1 Å². The van der Waals surface area contributed by atoms with Gasteiger partial charge in [0.25, 0.3) is 0 Å². The second kappa shape index (κ2) is 13.7. The van der Waals surface area contributed by atoms with E-state index in [-0.39, 0.29) is 49.5 Å². The molecule has 0 spiro atoms. The molecule has 1 amide bonds. The maximum Gasteiger partial charge on any atom is 0.310 e. The highest BCUT2D eigenvalue weighted by Gasteiger charge is 2.61. The van der Waals surface area contributed by atoms with Gasteiger partial charge in [0, 0.05) is 42.1 Å². The monoisotopic (exact) mass is 733 g/mol. The summed E-state index contributed by atoms with van der Waals surface area (Å²) in [4.78, 5) is 56.2. The quantitative estimate of drug-likeness (QED) is 0.186. The number of nitrogens with zero attached hydrogens (tertiary/aromatic N) is 3. The van der Waals surface area contributed by atoms with Crippen LogP contribution in [0.3, 0.4) is 0 Å². The number of hydrogen-bond acceptors (Lipinski definition) is 8. The number of benzene rings is 2. The molecule has 3 aliphatic carbocycles. The number of ketones is 1. The van der Waals surface area contributed by atoms with Crippen molar-refractivity contribution in [1.82, 2.24) is 14.7 Å². The van der Waals surface area contributed by atoms with Gasteiger partial charge in [0.05, 0.1) is 48.2 Å². The van der Waals surface area contributed by atoms with E-state index < -0.39 is 40.8 Å². The van der Waals surface area contributed by atoms with Crippen LogP contribution >= 0.6 is 11.6 Å². The Morgan fingerprint density at radius 1 is 1.04 bits per heavy atom. The van der Waals surface area contributed by atoms with Crippen molar-refractivity contribution in [3.8, 4) is 17.2 Å². The number of aliphatic carboxylic acids is 1. The number of amides is 1. The van der Waals surface area contributed by atoms with Crippen molar-refractivity contribution in [1.29, 1.82) is 0 Å². The van der Waals surface area contributed by atoms with Crippen molar-refractivity contribution >= 4 is 46.0 Å². The molecule has 12 heteroatoms. The molecule has 0 radical (unpaired) electrons. The van der Waals surface area contributed by atoms with E-state index >= 15 is 0 Å². The molecule has 0 bridgehead atoms. The number of hydrogen-bond donors (Lipinski definition) is 1. The molecule has 3 saturated carbocycles. The first-order valence-corrected chi connectivity index (χ1v) is 18.8. The highest BCUT2D eigenvalue weighted by Crippen LogP contribution is 2.58. The highest BCUT2D eigenvalue weighted by molar-refractivity contribution is 6.37. The van der Waals surface area contributed by atoms with E-state index in [0.29, 0.717) is 57.7 Å². The van der Waals surface area contributed by atoms with Gasteiger partial charge in [-0.05, 0) is 73.1 Å².